The van der Waals surface area contributed by atoms with Crippen molar-refractivity contribution in [3.8, 4) is 0 Å². The second-order valence-electron chi connectivity index (χ2n) is 5.71. The summed E-state index contributed by atoms with van der Waals surface area (Å²) in [6, 6.07) is 0.111. The van der Waals surface area contributed by atoms with Gasteiger partial charge in [-0.1, -0.05) is 26.7 Å². The number of primary amides is 1. The maximum absolute atomic E-state index is 12.7. The number of carbonyl (C=O) groups is 2. The SMILES string of the molecule is CCCC(CCC)C(=O)N(CC(N)=O)C1CCCNC1. The fourth-order valence-corrected chi connectivity index (χ4v) is 2.98. The standard InChI is InChI=1S/C15H29N3O2/c1-3-6-12(7-4-2)15(20)18(11-14(16)19)13-8-5-9-17-10-13/h12-13,17H,3-11H2,1-2H3,(H2,16,19). The highest BCUT2D eigenvalue weighted by Gasteiger charge is 2.30. The number of hydrogen-bond donors (Lipinski definition) is 2. The molecule has 1 atom stereocenters. The fourth-order valence-electron chi connectivity index (χ4n) is 2.98. The van der Waals surface area contributed by atoms with Crippen molar-refractivity contribution in [3.05, 3.63) is 0 Å². The quantitative estimate of drug-likeness (QED) is 0.704. The van der Waals surface area contributed by atoms with Gasteiger partial charge >= 0.3 is 0 Å². The Balaban J connectivity index is 2.77. The third-order valence-corrected chi connectivity index (χ3v) is 3.94. The van der Waals surface area contributed by atoms with Crippen molar-refractivity contribution in [1.82, 2.24) is 10.2 Å². The van der Waals surface area contributed by atoms with Crippen molar-refractivity contribution in [2.45, 2.75) is 58.4 Å². The Kier molecular flexibility index (Phi) is 7.59. The molecule has 20 heavy (non-hydrogen) atoms. The highest BCUT2D eigenvalue weighted by atomic mass is 16.2. The first-order chi connectivity index (χ1) is 9.60. The molecule has 3 N–H and O–H groups in total. The zero-order chi connectivity index (χ0) is 15.0. The smallest absolute Gasteiger partial charge is 0.237 e. The Labute approximate surface area is 122 Å². The van der Waals surface area contributed by atoms with E-state index in [0.29, 0.717) is 0 Å². The first kappa shape index (κ1) is 17.0. The predicted molar refractivity (Wildman–Crippen MR) is 80.1 cm³/mol. The molecule has 1 aliphatic rings. The molecule has 1 heterocycles. The summed E-state index contributed by atoms with van der Waals surface area (Å²) in [5, 5.41) is 3.30. The molecular weight excluding hydrogens is 254 g/mol. The second kappa shape index (κ2) is 8.95. The van der Waals surface area contributed by atoms with Crippen LogP contribution in [0.5, 0.6) is 0 Å². The molecule has 1 fully saturated rings. The number of rotatable bonds is 8. The van der Waals surface area contributed by atoms with Crippen LogP contribution in [-0.2, 0) is 9.59 Å². The van der Waals surface area contributed by atoms with Crippen LogP contribution in [-0.4, -0.2) is 42.4 Å². The summed E-state index contributed by atoms with van der Waals surface area (Å²) >= 11 is 0. The summed E-state index contributed by atoms with van der Waals surface area (Å²) in [4.78, 5) is 25.8. The van der Waals surface area contributed by atoms with Gasteiger partial charge in [0.2, 0.25) is 11.8 Å². The van der Waals surface area contributed by atoms with Gasteiger partial charge in [-0.2, -0.15) is 0 Å². The Morgan fingerprint density at radius 2 is 1.95 bits per heavy atom. The molecule has 5 nitrogen and oxygen atoms in total. The summed E-state index contributed by atoms with van der Waals surface area (Å²) in [7, 11) is 0. The van der Waals surface area contributed by atoms with Gasteiger partial charge in [0.1, 0.15) is 0 Å². The lowest BCUT2D eigenvalue weighted by molar-refractivity contribution is -0.142. The molecule has 0 aliphatic carbocycles. The zero-order valence-corrected chi connectivity index (χ0v) is 12.9. The van der Waals surface area contributed by atoms with E-state index in [1.165, 1.54) is 0 Å². The fraction of sp³-hybridized carbons (Fsp3) is 0.867. The van der Waals surface area contributed by atoms with Crippen molar-refractivity contribution >= 4 is 11.8 Å². The molecule has 5 heteroatoms. The highest BCUT2D eigenvalue weighted by Crippen LogP contribution is 2.20. The summed E-state index contributed by atoms with van der Waals surface area (Å²) < 4.78 is 0. The number of carbonyl (C=O) groups excluding carboxylic acids is 2. The minimum Gasteiger partial charge on any atom is -0.368 e. The molecular formula is C15H29N3O2. The topological polar surface area (TPSA) is 75.4 Å². The van der Waals surface area contributed by atoms with Gasteiger partial charge in [-0.25, -0.2) is 0 Å². The molecule has 0 saturated carbocycles. The van der Waals surface area contributed by atoms with E-state index in [1.54, 1.807) is 4.90 Å². The molecule has 1 aliphatic heterocycles. The molecule has 2 amide bonds. The third kappa shape index (κ3) is 5.12. The molecule has 1 unspecified atom stereocenters. The van der Waals surface area contributed by atoms with E-state index in [4.69, 9.17) is 5.73 Å². The van der Waals surface area contributed by atoms with Crippen molar-refractivity contribution in [2.24, 2.45) is 11.7 Å². The van der Waals surface area contributed by atoms with Gasteiger partial charge in [-0.3, -0.25) is 9.59 Å². The van der Waals surface area contributed by atoms with Crippen LogP contribution in [0.1, 0.15) is 52.4 Å². The van der Waals surface area contributed by atoms with Crippen LogP contribution in [0.3, 0.4) is 0 Å². The number of nitrogens with zero attached hydrogens (tertiary/aromatic N) is 1. The lowest BCUT2D eigenvalue weighted by atomic mass is 9.95. The first-order valence-corrected chi connectivity index (χ1v) is 7.89. The summed E-state index contributed by atoms with van der Waals surface area (Å²) in [6.07, 6.45) is 5.76. The van der Waals surface area contributed by atoms with Crippen molar-refractivity contribution < 1.29 is 9.59 Å². The predicted octanol–water partition coefficient (Wildman–Crippen LogP) is 1.27. The molecule has 0 bridgehead atoms. The minimum atomic E-state index is -0.421. The first-order valence-electron chi connectivity index (χ1n) is 7.89. The van der Waals surface area contributed by atoms with Crippen LogP contribution in [0.15, 0.2) is 0 Å². The van der Waals surface area contributed by atoms with E-state index in [-0.39, 0.29) is 24.4 Å². The van der Waals surface area contributed by atoms with Gasteiger partial charge in [0, 0.05) is 18.5 Å². The van der Waals surface area contributed by atoms with E-state index in [1.807, 2.05) is 0 Å². The largest absolute Gasteiger partial charge is 0.368 e. The van der Waals surface area contributed by atoms with Gasteiger partial charge in [0.05, 0.1) is 6.54 Å². The number of amides is 2. The van der Waals surface area contributed by atoms with Crippen molar-refractivity contribution in [3.63, 3.8) is 0 Å². The van der Waals surface area contributed by atoms with E-state index in [9.17, 15) is 9.59 Å². The molecule has 0 aromatic rings. The summed E-state index contributed by atoms with van der Waals surface area (Å²) in [5.74, 6) is -0.275. The third-order valence-electron chi connectivity index (χ3n) is 3.94. The van der Waals surface area contributed by atoms with Gasteiger partial charge in [-0.15, -0.1) is 0 Å². The van der Waals surface area contributed by atoms with E-state index in [2.05, 4.69) is 19.2 Å². The number of piperidine rings is 1. The van der Waals surface area contributed by atoms with Crippen LogP contribution in [0, 0.1) is 5.92 Å². The normalized spacial score (nSPS) is 19.1. The monoisotopic (exact) mass is 283 g/mol. The number of nitrogens with two attached hydrogens (primary N) is 1. The molecule has 0 spiro atoms. The highest BCUT2D eigenvalue weighted by molar-refractivity contribution is 5.85. The average Bonchev–Trinajstić information content (AvgIpc) is 2.44. The molecule has 0 aromatic heterocycles. The van der Waals surface area contributed by atoms with E-state index < -0.39 is 5.91 Å². The van der Waals surface area contributed by atoms with Crippen LogP contribution in [0.2, 0.25) is 0 Å². The van der Waals surface area contributed by atoms with E-state index in [0.717, 1.165) is 51.6 Å². The Bertz CT molecular complexity index is 308. The molecule has 116 valence electrons. The maximum atomic E-state index is 12.7. The number of nitrogens with one attached hydrogen (secondary N) is 1. The van der Waals surface area contributed by atoms with Crippen LogP contribution in [0.4, 0.5) is 0 Å². The maximum Gasteiger partial charge on any atom is 0.237 e. The average molecular weight is 283 g/mol. The zero-order valence-electron chi connectivity index (χ0n) is 12.9. The van der Waals surface area contributed by atoms with Crippen LogP contribution < -0.4 is 11.1 Å². The van der Waals surface area contributed by atoms with Gasteiger partial charge in [0.25, 0.3) is 0 Å². The lowest BCUT2D eigenvalue weighted by Crippen LogP contribution is -2.53. The molecule has 1 saturated heterocycles. The Hall–Kier alpha value is -1.10. The number of hydrogen-bond acceptors (Lipinski definition) is 3. The van der Waals surface area contributed by atoms with Crippen LogP contribution >= 0.6 is 0 Å². The van der Waals surface area contributed by atoms with Gasteiger partial charge in [-0.05, 0) is 32.2 Å². The summed E-state index contributed by atoms with van der Waals surface area (Å²) in [5.41, 5.74) is 5.33. The minimum absolute atomic E-state index is 0.0336. The van der Waals surface area contributed by atoms with Crippen LogP contribution in [0.25, 0.3) is 0 Å². The second-order valence-corrected chi connectivity index (χ2v) is 5.71. The molecule has 0 aromatic carbocycles. The van der Waals surface area contributed by atoms with Gasteiger partial charge in [0.15, 0.2) is 0 Å². The van der Waals surface area contributed by atoms with Gasteiger partial charge < -0.3 is 16.0 Å². The Morgan fingerprint density at radius 1 is 1.30 bits per heavy atom. The molecule has 0 radical (unpaired) electrons. The van der Waals surface area contributed by atoms with Crippen molar-refractivity contribution in [1.29, 1.82) is 0 Å². The molecule has 1 rings (SSSR count). The van der Waals surface area contributed by atoms with Crippen molar-refractivity contribution in [2.75, 3.05) is 19.6 Å². The summed E-state index contributed by atoms with van der Waals surface area (Å²) in [6.45, 7) is 5.99. The van der Waals surface area contributed by atoms with E-state index >= 15 is 0 Å². The lowest BCUT2D eigenvalue weighted by Gasteiger charge is -2.36. The Morgan fingerprint density at radius 3 is 2.40 bits per heavy atom.